The Hall–Kier alpha value is -1.67. The summed E-state index contributed by atoms with van der Waals surface area (Å²) in [6, 6.07) is 0.0791. The van der Waals surface area contributed by atoms with Crippen molar-refractivity contribution in [3.63, 3.8) is 0 Å². The van der Waals surface area contributed by atoms with Crippen molar-refractivity contribution in [3.05, 3.63) is 16.6 Å². The first-order chi connectivity index (χ1) is 12.8. The van der Waals surface area contributed by atoms with Crippen LogP contribution in [0.5, 0.6) is 0 Å². The second kappa shape index (κ2) is 8.56. The van der Waals surface area contributed by atoms with Gasteiger partial charge in [-0.2, -0.15) is 0 Å². The summed E-state index contributed by atoms with van der Waals surface area (Å²) in [5.74, 6) is 0.490. The molecule has 2 unspecified atom stereocenters. The predicted octanol–water partition coefficient (Wildman–Crippen LogP) is 3.07. The highest BCUT2D eigenvalue weighted by Crippen LogP contribution is 2.29. The highest BCUT2D eigenvalue weighted by atomic mass is 32.1. The lowest BCUT2D eigenvalue weighted by Gasteiger charge is -2.39. The monoisotopic (exact) mass is 395 g/mol. The van der Waals surface area contributed by atoms with Crippen molar-refractivity contribution in [1.82, 2.24) is 15.2 Å². The second-order valence-corrected chi connectivity index (χ2v) is 9.16. The van der Waals surface area contributed by atoms with E-state index in [1.807, 2.05) is 25.7 Å². The molecule has 1 aromatic rings. The fourth-order valence-corrected chi connectivity index (χ4v) is 4.30. The van der Waals surface area contributed by atoms with E-state index >= 15 is 0 Å². The van der Waals surface area contributed by atoms with Gasteiger partial charge in [-0.25, -0.2) is 4.79 Å². The zero-order chi connectivity index (χ0) is 19.4. The summed E-state index contributed by atoms with van der Waals surface area (Å²) < 4.78 is 11.4. The quantitative estimate of drug-likeness (QED) is 0.851. The molecule has 2 amide bonds. The van der Waals surface area contributed by atoms with Crippen molar-refractivity contribution in [3.8, 4) is 0 Å². The summed E-state index contributed by atoms with van der Waals surface area (Å²) in [5.41, 5.74) is 1.19. The van der Waals surface area contributed by atoms with Crippen molar-refractivity contribution in [1.29, 1.82) is 0 Å². The maximum absolute atomic E-state index is 12.4. The Morgan fingerprint density at radius 1 is 1.30 bits per heavy atom. The molecule has 2 aliphatic rings. The smallest absolute Gasteiger partial charge is 0.407 e. The zero-order valence-corrected chi connectivity index (χ0v) is 17.1. The maximum Gasteiger partial charge on any atom is 0.407 e. The number of carbonyl (C=O) groups is 2. The van der Waals surface area contributed by atoms with Gasteiger partial charge in [-0.05, 0) is 52.4 Å². The van der Waals surface area contributed by atoms with E-state index in [-0.39, 0.29) is 24.1 Å². The van der Waals surface area contributed by atoms with Crippen LogP contribution in [0.4, 0.5) is 4.79 Å². The first-order valence-electron chi connectivity index (χ1n) is 9.61. The van der Waals surface area contributed by atoms with Crippen LogP contribution >= 0.6 is 11.3 Å². The maximum atomic E-state index is 12.4. The molecule has 2 aliphatic heterocycles. The molecule has 3 heterocycles. The standard InChI is InChI=1S/C19H29N3O4S/c1-19(2,3)26-18(24)21-14-6-9-25-15(10-14)13-4-7-22(8-5-13)17(23)16-11-20-12-27-16/h11-15H,4-10H2,1-3H3,(H,21,24). The van der Waals surface area contributed by atoms with Crippen LogP contribution in [0.1, 0.15) is 56.1 Å². The molecule has 2 fully saturated rings. The third kappa shape index (κ3) is 5.65. The van der Waals surface area contributed by atoms with Crippen LogP contribution in [0.15, 0.2) is 11.7 Å². The second-order valence-electron chi connectivity index (χ2n) is 8.27. The van der Waals surface area contributed by atoms with E-state index in [1.165, 1.54) is 11.3 Å². The summed E-state index contributed by atoms with van der Waals surface area (Å²) in [7, 11) is 0. The summed E-state index contributed by atoms with van der Waals surface area (Å²) in [6.45, 7) is 7.71. The molecule has 0 radical (unpaired) electrons. The predicted molar refractivity (Wildman–Crippen MR) is 103 cm³/mol. The average Bonchev–Trinajstić information content (AvgIpc) is 3.14. The number of carbonyl (C=O) groups excluding carboxylic acids is 2. The van der Waals surface area contributed by atoms with Gasteiger partial charge in [0.2, 0.25) is 0 Å². The summed E-state index contributed by atoms with van der Waals surface area (Å²) in [6.07, 6.45) is 4.85. The Morgan fingerprint density at radius 2 is 2.04 bits per heavy atom. The lowest BCUT2D eigenvalue weighted by atomic mass is 9.86. The molecule has 2 saturated heterocycles. The Morgan fingerprint density at radius 3 is 2.67 bits per heavy atom. The van der Waals surface area contributed by atoms with Crippen LogP contribution in [0.2, 0.25) is 0 Å². The van der Waals surface area contributed by atoms with Crippen molar-refractivity contribution in [2.45, 2.75) is 64.2 Å². The lowest BCUT2D eigenvalue weighted by Crippen LogP contribution is -2.48. The summed E-state index contributed by atoms with van der Waals surface area (Å²) >= 11 is 1.38. The van der Waals surface area contributed by atoms with Crippen LogP contribution in [-0.2, 0) is 9.47 Å². The summed E-state index contributed by atoms with van der Waals surface area (Å²) in [5, 5.41) is 2.98. The molecular weight excluding hydrogens is 366 g/mol. The number of nitrogens with one attached hydrogen (secondary N) is 1. The summed E-state index contributed by atoms with van der Waals surface area (Å²) in [4.78, 5) is 31.0. The first kappa shape index (κ1) is 20.1. The third-order valence-electron chi connectivity index (χ3n) is 5.03. The molecule has 0 bridgehead atoms. The van der Waals surface area contributed by atoms with Crippen molar-refractivity contribution < 1.29 is 19.1 Å². The Labute approximate surface area is 164 Å². The van der Waals surface area contributed by atoms with Gasteiger partial charge in [-0.3, -0.25) is 9.78 Å². The molecule has 0 aliphatic carbocycles. The highest BCUT2D eigenvalue weighted by molar-refractivity contribution is 7.11. The molecule has 7 nitrogen and oxygen atoms in total. The molecule has 27 heavy (non-hydrogen) atoms. The number of likely N-dealkylation sites (tertiary alicyclic amines) is 1. The van der Waals surface area contributed by atoms with E-state index < -0.39 is 5.60 Å². The van der Waals surface area contributed by atoms with Crippen molar-refractivity contribution in [2.75, 3.05) is 19.7 Å². The molecule has 1 N–H and O–H groups in total. The van der Waals surface area contributed by atoms with Gasteiger partial charge in [0.05, 0.1) is 17.8 Å². The van der Waals surface area contributed by atoms with Crippen molar-refractivity contribution in [2.24, 2.45) is 5.92 Å². The van der Waals surface area contributed by atoms with Gasteiger partial charge in [0.25, 0.3) is 5.91 Å². The Kier molecular flexibility index (Phi) is 6.37. The fourth-order valence-electron chi connectivity index (χ4n) is 3.71. The molecule has 8 heteroatoms. The normalized spacial score (nSPS) is 24.5. The van der Waals surface area contributed by atoms with E-state index in [2.05, 4.69) is 10.3 Å². The van der Waals surface area contributed by atoms with E-state index in [1.54, 1.807) is 11.7 Å². The van der Waals surface area contributed by atoms with Crippen LogP contribution in [0.25, 0.3) is 0 Å². The fraction of sp³-hybridized carbons (Fsp3) is 0.737. The minimum absolute atomic E-state index is 0.0741. The SMILES string of the molecule is CC(C)(C)OC(=O)NC1CCOC(C2CCN(C(=O)c3cncs3)CC2)C1. The van der Waals surface area contributed by atoms with E-state index in [0.29, 0.717) is 17.4 Å². The minimum atomic E-state index is -0.494. The molecule has 150 valence electrons. The average molecular weight is 396 g/mol. The lowest BCUT2D eigenvalue weighted by molar-refractivity contribution is -0.0473. The highest BCUT2D eigenvalue weighted by Gasteiger charge is 2.34. The van der Waals surface area contributed by atoms with Gasteiger partial charge in [0, 0.05) is 25.7 Å². The number of aromatic nitrogens is 1. The topological polar surface area (TPSA) is 80.8 Å². The number of ether oxygens (including phenoxy) is 2. The molecule has 0 saturated carbocycles. The van der Waals surface area contributed by atoms with Crippen LogP contribution in [-0.4, -0.2) is 59.3 Å². The molecule has 0 aromatic carbocycles. The Bertz CT molecular complexity index is 636. The van der Waals surface area contributed by atoms with Gasteiger partial charge in [0.15, 0.2) is 0 Å². The van der Waals surface area contributed by atoms with Gasteiger partial charge in [-0.1, -0.05) is 0 Å². The number of amides is 2. The number of hydrogen-bond donors (Lipinski definition) is 1. The van der Waals surface area contributed by atoms with E-state index in [9.17, 15) is 9.59 Å². The number of rotatable bonds is 3. The number of thiazole rings is 1. The van der Waals surface area contributed by atoms with Gasteiger partial charge >= 0.3 is 6.09 Å². The van der Waals surface area contributed by atoms with Gasteiger partial charge < -0.3 is 19.7 Å². The van der Waals surface area contributed by atoms with E-state index in [4.69, 9.17) is 9.47 Å². The largest absolute Gasteiger partial charge is 0.444 e. The van der Waals surface area contributed by atoms with E-state index in [0.717, 1.165) is 38.8 Å². The van der Waals surface area contributed by atoms with Gasteiger partial charge in [-0.15, -0.1) is 11.3 Å². The molecule has 3 rings (SSSR count). The Balaban J connectivity index is 1.46. The zero-order valence-electron chi connectivity index (χ0n) is 16.3. The first-order valence-corrected chi connectivity index (χ1v) is 10.5. The molecule has 1 aromatic heterocycles. The van der Waals surface area contributed by atoms with Gasteiger partial charge in [0.1, 0.15) is 10.5 Å². The van der Waals surface area contributed by atoms with Crippen LogP contribution < -0.4 is 5.32 Å². The third-order valence-corrected chi connectivity index (χ3v) is 5.79. The number of piperidine rings is 1. The van der Waals surface area contributed by atoms with Crippen LogP contribution in [0, 0.1) is 5.92 Å². The molecular formula is C19H29N3O4S. The van der Waals surface area contributed by atoms with Crippen molar-refractivity contribution >= 4 is 23.3 Å². The number of hydrogen-bond acceptors (Lipinski definition) is 6. The van der Waals surface area contributed by atoms with Crippen LogP contribution in [0.3, 0.4) is 0 Å². The molecule has 0 spiro atoms. The molecule has 2 atom stereocenters. The minimum Gasteiger partial charge on any atom is -0.444 e. The number of alkyl carbamates (subject to hydrolysis) is 1. The number of nitrogens with zero attached hydrogens (tertiary/aromatic N) is 2.